The van der Waals surface area contributed by atoms with Crippen LogP contribution in [0, 0.1) is 13.8 Å². The molecule has 7 heteroatoms. The molecule has 2 aromatic rings. The Balaban J connectivity index is 1.55. The second-order valence-corrected chi connectivity index (χ2v) is 5.54. The number of carbonyl (C=O) groups excluding carboxylic acids is 1. The van der Waals surface area contributed by atoms with Crippen LogP contribution in [0.5, 0.6) is 0 Å². The monoisotopic (exact) mass is 301 g/mol. The van der Waals surface area contributed by atoms with Gasteiger partial charge in [-0.05, 0) is 13.8 Å². The maximum absolute atomic E-state index is 12.4. The lowest BCUT2D eigenvalue weighted by Crippen LogP contribution is -2.48. The maximum atomic E-state index is 12.4. The number of carbonyl (C=O) groups is 1. The van der Waals surface area contributed by atoms with Crippen LogP contribution in [0.3, 0.4) is 0 Å². The summed E-state index contributed by atoms with van der Waals surface area (Å²) in [5, 5.41) is 4.00. The molecule has 7 nitrogen and oxygen atoms in total. The molecule has 0 atom stereocenters. The molecular weight excluding hydrogens is 282 g/mol. The largest absolute Gasteiger partial charge is 0.361 e. The van der Waals surface area contributed by atoms with Crippen LogP contribution < -0.4 is 0 Å². The molecule has 0 saturated carbocycles. The van der Waals surface area contributed by atoms with Gasteiger partial charge in [-0.3, -0.25) is 14.7 Å². The number of hydrogen-bond donors (Lipinski definition) is 0. The molecule has 0 aliphatic carbocycles. The summed E-state index contributed by atoms with van der Waals surface area (Å²) >= 11 is 0. The number of aromatic nitrogens is 3. The number of amides is 1. The first kappa shape index (κ1) is 14.6. The molecule has 1 aliphatic heterocycles. The van der Waals surface area contributed by atoms with Crippen LogP contribution in [0.25, 0.3) is 0 Å². The van der Waals surface area contributed by atoms with Crippen molar-refractivity contribution in [3.05, 3.63) is 41.3 Å². The lowest BCUT2D eigenvalue weighted by Gasteiger charge is -2.34. The van der Waals surface area contributed by atoms with Gasteiger partial charge in [0.25, 0.3) is 5.91 Å². The molecule has 22 heavy (non-hydrogen) atoms. The number of aryl methyl sites for hydroxylation is 2. The normalized spacial score (nSPS) is 16.0. The Labute approximate surface area is 128 Å². The van der Waals surface area contributed by atoms with E-state index in [1.165, 1.54) is 0 Å². The quantitative estimate of drug-likeness (QED) is 0.843. The smallest absolute Gasteiger partial charge is 0.274 e. The molecule has 1 saturated heterocycles. The second-order valence-electron chi connectivity index (χ2n) is 5.54. The molecule has 0 radical (unpaired) electrons. The third-order valence-electron chi connectivity index (χ3n) is 3.72. The molecule has 1 fully saturated rings. The fourth-order valence-corrected chi connectivity index (χ4v) is 2.50. The molecule has 3 rings (SSSR count). The van der Waals surface area contributed by atoms with Crippen LogP contribution in [0.1, 0.15) is 27.6 Å². The Morgan fingerprint density at radius 2 is 1.95 bits per heavy atom. The Morgan fingerprint density at radius 3 is 2.55 bits per heavy atom. The second kappa shape index (κ2) is 6.23. The molecule has 116 valence electrons. The van der Waals surface area contributed by atoms with Crippen molar-refractivity contribution in [3.63, 3.8) is 0 Å². The van der Waals surface area contributed by atoms with E-state index in [1.54, 1.807) is 12.4 Å². The molecule has 2 aromatic heterocycles. The van der Waals surface area contributed by atoms with Crippen molar-refractivity contribution in [2.24, 2.45) is 0 Å². The molecule has 0 unspecified atom stereocenters. The number of nitrogens with zero attached hydrogens (tertiary/aromatic N) is 5. The average Bonchev–Trinajstić information content (AvgIpc) is 2.93. The molecule has 0 aromatic carbocycles. The third-order valence-corrected chi connectivity index (χ3v) is 3.72. The highest BCUT2D eigenvalue weighted by atomic mass is 16.5. The summed E-state index contributed by atoms with van der Waals surface area (Å²) in [6.45, 7) is 7.50. The average molecular weight is 301 g/mol. The van der Waals surface area contributed by atoms with Gasteiger partial charge in [-0.2, -0.15) is 0 Å². The van der Waals surface area contributed by atoms with Crippen LogP contribution in [0.4, 0.5) is 0 Å². The van der Waals surface area contributed by atoms with Gasteiger partial charge in [0.05, 0.1) is 17.6 Å². The third kappa shape index (κ3) is 3.30. The van der Waals surface area contributed by atoms with Crippen LogP contribution in [0.15, 0.2) is 23.0 Å². The first-order valence-electron chi connectivity index (χ1n) is 7.34. The number of hydrogen-bond acceptors (Lipinski definition) is 6. The number of piperazine rings is 1. The van der Waals surface area contributed by atoms with Crippen molar-refractivity contribution in [2.75, 3.05) is 26.2 Å². The van der Waals surface area contributed by atoms with E-state index in [0.29, 0.717) is 18.8 Å². The minimum atomic E-state index is -0.0515. The van der Waals surface area contributed by atoms with Crippen molar-refractivity contribution in [3.8, 4) is 0 Å². The van der Waals surface area contributed by atoms with Crippen molar-refractivity contribution in [1.82, 2.24) is 24.9 Å². The minimum absolute atomic E-state index is 0.0515. The summed E-state index contributed by atoms with van der Waals surface area (Å²) in [6.07, 6.45) is 3.17. The fourth-order valence-electron chi connectivity index (χ4n) is 2.50. The van der Waals surface area contributed by atoms with Gasteiger partial charge in [-0.1, -0.05) is 5.16 Å². The van der Waals surface area contributed by atoms with Crippen LogP contribution in [-0.2, 0) is 6.54 Å². The summed E-state index contributed by atoms with van der Waals surface area (Å²) in [6, 6.07) is 1.94. The summed E-state index contributed by atoms with van der Waals surface area (Å²) in [7, 11) is 0. The maximum Gasteiger partial charge on any atom is 0.274 e. The number of rotatable bonds is 3. The lowest BCUT2D eigenvalue weighted by atomic mass is 10.2. The SMILES string of the molecule is Cc1cnc(C(=O)N2CCN(Cc3cc(C)on3)CC2)cn1. The first-order chi connectivity index (χ1) is 10.6. The zero-order valence-electron chi connectivity index (χ0n) is 12.8. The van der Waals surface area contributed by atoms with Crippen LogP contribution in [0.2, 0.25) is 0 Å². The van der Waals surface area contributed by atoms with Gasteiger partial charge in [0, 0.05) is 45.0 Å². The van der Waals surface area contributed by atoms with E-state index < -0.39 is 0 Å². The van der Waals surface area contributed by atoms with Gasteiger partial charge >= 0.3 is 0 Å². The van der Waals surface area contributed by atoms with Crippen LogP contribution >= 0.6 is 0 Å². The molecular formula is C15H19N5O2. The predicted molar refractivity (Wildman–Crippen MR) is 79.2 cm³/mol. The van der Waals surface area contributed by atoms with Crippen LogP contribution in [-0.4, -0.2) is 57.0 Å². The van der Waals surface area contributed by atoms with Crippen molar-refractivity contribution in [2.45, 2.75) is 20.4 Å². The molecule has 1 amide bonds. The Bertz CT molecular complexity index is 644. The highest BCUT2D eigenvalue weighted by Crippen LogP contribution is 2.11. The summed E-state index contributed by atoms with van der Waals surface area (Å²) in [5.41, 5.74) is 2.15. The van der Waals surface area contributed by atoms with Crippen molar-refractivity contribution < 1.29 is 9.32 Å². The van der Waals surface area contributed by atoms with Gasteiger partial charge in [-0.15, -0.1) is 0 Å². The standard InChI is InChI=1S/C15H19N5O2/c1-11-8-17-14(9-16-11)15(21)20-5-3-19(4-6-20)10-13-7-12(2)22-18-13/h7-9H,3-6,10H2,1-2H3. The summed E-state index contributed by atoms with van der Waals surface area (Å²) in [4.78, 5) is 24.7. The fraction of sp³-hybridized carbons (Fsp3) is 0.467. The van der Waals surface area contributed by atoms with Gasteiger partial charge in [-0.25, -0.2) is 4.98 Å². The van der Waals surface area contributed by atoms with Gasteiger partial charge in [0.1, 0.15) is 11.5 Å². The van der Waals surface area contributed by atoms with E-state index in [0.717, 1.165) is 36.8 Å². The lowest BCUT2D eigenvalue weighted by molar-refractivity contribution is 0.0619. The van der Waals surface area contributed by atoms with Gasteiger partial charge in [0.2, 0.25) is 0 Å². The predicted octanol–water partition coefficient (Wildman–Crippen LogP) is 1.04. The van der Waals surface area contributed by atoms with Gasteiger partial charge < -0.3 is 9.42 Å². The minimum Gasteiger partial charge on any atom is -0.361 e. The van der Waals surface area contributed by atoms with Crippen molar-refractivity contribution in [1.29, 1.82) is 0 Å². The molecule has 0 N–H and O–H groups in total. The van der Waals surface area contributed by atoms with Crippen molar-refractivity contribution >= 4 is 5.91 Å². The summed E-state index contributed by atoms with van der Waals surface area (Å²) in [5.74, 6) is 0.770. The van der Waals surface area contributed by atoms with E-state index in [4.69, 9.17) is 4.52 Å². The van der Waals surface area contributed by atoms with E-state index in [2.05, 4.69) is 20.0 Å². The first-order valence-corrected chi connectivity index (χ1v) is 7.34. The van der Waals surface area contributed by atoms with E-state index in [9.17, 15) is 4.79 Å². The Kier molecular flexibility index (Phi) is 4.15. The summed E-state index contributed by atoms with van der Waals surface area (Å²) < 4.78 is 5.08. The van der Waals surface area contributed by atoms with E-state index in [1.807, 2.05) is 24.8 Å². The van der Waals surface area contributed by atoms with Gasteiger partial charge in [0.15, 0.2) is 0 Å². The van der Waals surface area contributed by atoms with E-state index >= 15 is 0 Å². The highest BCUT2D eigenvalue weighted by Gasteiger charge is 2.23. The zero-order valence-corrected chi connectivity index (χ0v) is 12.8. The topological polar surface area (TPSA) is 75.4 Å². The Hall–Kier alpha value is -2.28. The highest BCUT2D eigenvalue weighted by molar-refractivity contribution is 5.92. The molecule has 0 spiro atoms. The molecule has 0 bridgehead atoms. The molecule has 3 heterocycles. The Morgan fingerprint density at radius 1 is 1.18 bits per heavy atom. The zero-order chi connectivity index (χ0) is 15.5. The molecule has 1 aliphatic rings. The van der Waals surface area contributed by atoms with E-state index in [-0.39, 0.29) is 5.91 Å².